The minimum atomic E-state index is -0.510. The first-order chi connectivity index (χ1) is 13.5. The van der Waals surface area contributed by atoms with E-state index in [9.17, 15) is 9.59 Å². The molecule has 2 heterocycles. The highest BCUT2D eigenvalue weighted by atomic mass is 32.1. The number of hydrogen-bond acceptors (Lipinski definition) is 5. The third kappa shape index (κ3) is 3.21. The van der Waals surface area contributed by atoms with E-state index in [0.29, 0.717) is 27.6 Å². The van der Waals surface area contributed by atoms with Crippen molar-refractivity contribution < 1.29 is 18.7 Å². The fourth-order valence-corrected chi connectivity index (χ4v) is 5.24. The number of nitrogens with two attached hydrogens (primary N) is 1. The van der Waals surface area contributed by atoms with Crippen molar-refractivity contribution in [1.29, 1.82) is 0 Å². The van der Waals surface area contributed by atoms with Crippen molar-refractivity contribution in [3.63, 3.8) is 0 Å². The highest BCUT2D eigenvalue weighted by molar-refractivity contribution is 7.17. The molecule has 0 saturated heterocycles. The zero-order valence-electron chi connectivity index (χ0n) is 15.8. The molecular weight excluding hydrogens is 376 g/mol. The maximum absolute atomic E-state index is 13.0. The van der Waals surface area contributed by atoms with Crippen LogP contribution in [0.1, 0.15) is 50.3 Å². The van der Waals surface area contributed by atoms with Crippen LogP contribution in [0, 0.1) is 5.92 Å². The molecule has 0 unspecified atom stereocenters. The van der Waals surface area contributed by atoms with Gasteiger partial charge in [0.25, 0.3) is 11.8 Å². The first-order valence-electron chi connectivity index (χ1n) is 9.24. The van der Waals surface area contributed by atoms with Crippen LogP contribution in [-0.2, 0) is 24.2 Å². The standard InChI is InChI=1S/C21H22N2O4S/c1-11-7-8-13-16(9-11)28-21(17(13)19(22)24)23-20(25)18-14(10-26-2)12-5-3-4-6-15(12)27-18/h3-6,11H,7-10H2,1-2H3,(H2,22,24)(H,23,25)/t11-/m0/s1. The number of methoxy groups -OCH3 is 1. The van der Waals surface area contributed by atoms with Gasteiger partial charge < -0.3 is 20.2 Å². The molecule has 2 amide bonds. The number of rotatable bonds is 5. The lowest BCUT2D eigenvalue weighted by Crippen LogP contribution is -2.19. The third-order valence-corrected chi connectivity index (χ3v) is 6.35. The summed E-state index contributed by atoms with van der Waals surface area (Å²) in [6, 6.07) is 7.44. The molecule has 0 fully saturated rings. The highest BCUT2D eigenvalue weighted by Crippen LogP contribution is 2.40. The zero-order valence-corrected chi connectivity index (χ0v) is 16.7. The van der Waals surface area contributed by atoms with Crippen LogP contribution in [-0.4, -0.2) is 18.9 Å². The molecule has 1 aliphatic rings. The molecule has 3 aromatic rings. The molecule has 0 bridgehead atoms. The summed E-state index contributed by atoms with van der Waals surface area (Å²) in [5, 5.41) is 4.21. The summed E-state index contributed by atoms with van der Waals surface area (Å²) in [4.78, 5) is 26.3. The molecular formula is C21H22N2O4S. The number of fused-ring (bicyclic) bond motifs is 2. The number of carbonyl (C=O) groups is 2. The molecule has 0 aliphatic heterocycles. The van der Waals surface area contributed by atoms with Gasteiger partial charge in [0.1, 0.15) is 10.6 Å². The number of primary amides is 1. The van der Waals surface area contributed by atoms with Crippen molar-refractivity contribution in [3.8, 4) is 0 Å². The Hall–Kier alpha value is -2.64. The van der Waals surface area contributed by atoms with Crippen LogP contribution < -0.4 is 11.1 Å². The number of anilines is 1. The van der Waals surface area contributed by atoms with Crippen molar-refractivity contribution >= 4 is 39.1 Å². The molecule has 1 aromatic carbocycles. The van der Waals surface area contributed by atoms with Crippen molar-refractivity contribution in [2.45, 2.75) is 32.8 Å². The fraction of sp³-hybridized carbons (Fsp3) is 0.333. The Bertz CT molecular complexity index is 1070. The lowest BCUT2D eigenvalue weighted by molar-refractivity contribution is 0.0992. The molecule has 1 aliphatic carbocycles. The molecule has 0 saturated carbocycles. The van der Waals surface area contributed by atoms with Gasteiger partial charge in [0, 0.05) is 22.9 Å². The summed E-state index contributed by atoms with van der Waals surface area (Å²) in [5.74, 6) is -0.168. The predicted molar refractivity (Wildman–Crippen MR) is 109 cm³/mol. The summed E-state index contributed by atoms with van der Waals surface area (Å²) in [6.07, 6.45) is 2.72. The Morgan fingerprint density at radius 3 is 2.89 bits per heavy atom. The van der Waals surface area contributed by atoms with Gasteiger partial charge in [-0.3, -0.25) is 9.59 Å². The summed E-state index contributed by atoms with van der Waals surface area (Å²) >= 11 is 1.44. The molecule has 7 heteroatoms. The number of amides is 2. The number of hydrogen-bond donors (Lipinski definition) is 2. The van der Waals surface area contributed by atoms with Gasteiger partial charge >= 0.3 is 0 Å². The molecule has 1 atom stereocenters. The molecule has 28 heavy (non-hydrogen) atoms. The molecule has 3 N–H and O–H groups in total. The van der Waals surface area contributed by atoms with Crippen LogP contribution in [0.2, 0.25) is 0 Å². The number of benzene rings is 1. The summed E-state index contributed by atoms with van der Waals surface area (Å²) in [5.41, 5.74) is 8.36. The Kier molecular flexibility index (Phi) is 4.95. The maximum Gasteiger partial charge on any atom is 0.292 e. The number of thiophene rings is 1. The van der Waals surface area contributed by atoms with Crippen molar-refractivity contribution in [2.24, 2.45) is 11.7 Å². The normalized spacial score (nSPS) is 16.1. The average molecular weight is 398 g/mol. The van der Waals surface area contributed by atoms with E-state index in [0.717, 1.165) is 35.1 Å². The van der Waals surface area contributed by atoms with E-state index >= 15 is 0 Å². The molecule has 2 aromatic heterocycles. The van der Waals surface area contributed by atoms with E-state index in [4.69, 9.17) is 14.9 Å². The SMILES string of the molecule is COCc1c(C(=O)Nc2sc3c(c2C(N)=O)CC[C@H](C)C3)oc2ccccc12. The summed E-state index contributed by atoms with van der Waals surface area (Å²) in [7, 11) is 1.57. The minimum Gasteiger partial charge on any atom is -0.451 e. The Labute approximate surface area is 166 Å². The van der Waals surface area contributed by atoms with Crippen molar-refractivity contribution in [2.75, 3.05) is 12.4 Å². The van der Waals surface area contributed by atoms with Crippen LogP contribution in [0.4, 0.5) is 5.00 Å². The van der Waals surface area contributed by atoms with E-state index in [1.54, 1.807) is 7.11 Å². The van der Waals surface area contributed by atoms with Gasteiger partial charge in [0.15, 0.2) is 5.76 Å². The number of ether oxygens (including phenoxy) is 1. The first-order valence-corrected chi connectivity index (χ1v) is 10.1. The van der Waals surface area contributed by atoms with Gasteiger partial charge in [0.2, 0.25) is 0 Å². The Morgan fingerprint density at radius 1 is 1.36 bits per heavy atom. The van der Waals surface area contributed by atoms with Gasteiger partial charge in [-0.25, -0.2) is 0 Å². The second kappa shape index (κ2) is 7.41. The summed E-state index contributed by atoms with van der Waals surface area (Å²) in [6.45, 7) is 2.44. The highest BCUT2D eigenvalue weighted by Gasteiger charge is 2.29. The van der Waals surface area contributed by atoms with Gasteiger partial charge in [0.05, 0.1) is 12.2 Å². The van der Waals surface area contributed by atoms with E-state index in [1.807, 2.05) is 24.3 Å². The second-order valence-corrected chi connectivity index (χ2v) is 8.32. The third-order valence-electron chi connectivity index (χ3n) is 5.18. The van der Waals surface area contributed by atoms with Crippen LogP contribution in [0.5, 0.6) is 0 Å². The van der Waals surface area contributed by atoms with Gasteiger partial charge in [-0.1, -0.05) is 25.1 Å². The molecule has 0 spiro atoms. The molecule has 6 nitrogen and oxygen atoms in total. The van der Waals surface area contributed by atoms with Crippen LogP contribution in [0.3, 0.4) is 0 Å². The maximum atomic E-state index is 13.0. The molecule has 146 valence electrons. The number of para-hydroxylation sites is 1. The van der Waals surface area contributed by atoms with Gasteiger partial charge in [-0.15, -0.1) is 11.3 Å². The van der Waals surface area contributed by atoms with E-state index in [2.05, 4.69) is 12.2 Å². The van der Waals surface area contributed by atoms with Crippen molar-refractivity contribution in [3.05, 3.63) is 51.6 Å². The zero-order chi connectivity index (χ0) is 19.8. The predicted octanol–water partition coefficient (Wildman–Crippen LogP) is 4.12. The lowest BCUT2D eigenvalue weighted by atomic mass is 9.88. The van der Waals surface area contributed by atoms with E-state index in [-0.39, 0.29) is 12.4 Å². The topological polar surface area (TPSA) is 94.6 Å². The largest absolute Gasteiger partial charge is 0.451 e. The second-order valence-electron chi connectivity index (χ2n) is 7.21. The summed E-state index contributed by atoms with van der Waals surface area (Å²) < 4.78 is 11.1. The van der Waals surface area contributed by atoms with Crippen LogP contribution >= 0.6 is 11.3 Å². The molecule has 0 radical (unpaired) electrons. The first kappa shape index (κ1) is 18.7. The van der Waals surface area contributed by atoms with Crippen LogP contribution in [0.25, 0.3) is 11.0 Å². The molecule has 4 rings (SSSR count). The van der Waals surface area contributed by atoms with Gasteiger partial charge in [-0.2, -0.15) is 0 Å². The monoisotopic (exact) mass is 398 g/mol. The number of furan rings is 1. The fourth-order valence-electron chi connectivity index (χ4n) is 3.83. The van der Waals surface area contributed by atoms with Crippen molar-refractivity contribution in [1.82, 2.24) is 0 Å². The smallest absolute Gasteiger partial charge is 0.292 e. The lowest BCUT2D eigenvalue weighted by Gasteiger charge is -2.18. The van der Waals surface area contributed by atoms with Crippen LogP contribution in [0.15, 0.2) is 28.7 Å². The number of carbonyl (C=O) groups excluding carboxylic acids is 2. The van der Waals surface area contributed by atoms with Gasteiger partial charge in [-0.05, 0) is 36.8 Å². The van der Waals surface area contributed by atoms with E-state index < -0.39 is 11.8 Å². The Balaban J connectivity index is 1.72. The minimum absolute atomic E-state index is 0.193. The quantitative estimate of drug-likeness (QED) is 0.676. The number of nitrogens with one attached hydrogen (secondary N) is 1. The average Bonchev–Trinajstić information content (AvgIpc) is 3.20. The Morgan fingerprint density at radius 2 is 2.14 bits per heavy atom. The van der Waals surface area contributed by atoms with E-state index in [1.165, 1.54) is 11.3 Å².